The molecule has 1 saturated heterocycles. The van der Waals surface area contributed by atoms with Crippen molar-refractivity contribution in [3.8, 4) is 0 Å². The van der Waals surface area contributed by atoms with Crippen molar-refractivity contribution in [2.24, 2.45) is 11.1 Å². The molecule has 1 aliphatic carbocycles. The van der Waals surface area contributed by atoms with Crippen molar-refractivity contribution in [2.45, 2.75) is 44.6 Å². The highest BCUT2D eigenvalue weighted by Crippen LogP contribution is 2.45. The highest BCUT2D eigenvalue weighted by molar-refractivity contribution is 5.84. The van der Waals surface area contributed by atoms with Crippen LogP contribution in [-0.4, -0.2) is 29.9 Å². The van der Waals surface area contributed by atoms with Gasteiger partial charge in [-0.25, -0.2) is 0 Å². The van der Waals surface area contributed by atoms with Gasteiger partial charge in [-0.3, -0.25) is 4.79 Å². The Hall–Kier alpha value is -1.35. The molecular weight excluding hydrogens is 248 g/mol. The van der Waals surface area contributed by atoms with Crippen LogP contribution < -0.4 is 5.73 Å². The van der Waals surface area contributed by atoms with Gasteiger partial charge in [0.2, 0.25) is 5.91 Å². The lowest BCUT2D eigenvalue weighted by Crippen LogP contribution is -2.52. The molecule has 0 unspecified atom stereocenters. The molecule has 0 aromatic heterocycles. The average molecular weight is 272 g/mol. The third-order valence-electron chi connectivity index (χ3n) is 4.98. The van der Waals surface area contributed by atoms with Gasteiger partial charge < -0.3 is 10.6 Å². The van der Waals surface area contributed by atoms with E-state index >= 15 is 0 Å². The summed E-state index contributed by atoms with van der Waals surface area (Å²) in [6.07, 6.45) is 6.08. The average Bonchev–Trinajstić information content (AvgIpc) is 2.44. The number of hydrogen-bond donors (Lipinski definition) is 1. The van der Waals surface area contributed by atoms with Gasteiger partial charge in [0.25, 0.3) is 0 Å². The van der Waals surface area contributed by atoms with Crippen LogP contribution in [0.15, 0.2) is 30.3 Å². The fourth-order valence-corrected chi connectivity index (χ4v) is 3.49. The van der Waals surface area contributed by atoms with Crippen LogP contribution in [0.1, 0.15) is 37.7 Å². The van der Waals surface area contributed by atoms with Gasteiger partial charge in [-0.05, 0) is 37.7 Å². The van der Waals surface area contributed by atoms with E-state index in [1.165, 1.54) is 12.0 Å². The molecule has 0 bridgehead atoms. The first-order chi connectivity index (χ1) is 9.70. The second-order valence-corrected chi connectivity index (χ2v) is 6.43. The Bertz CT molecular complexity index is 459. The highest BCUT2D eigenvalue weighted by Gasteiger charge is 2.46. The largest absolute Gasteiger partial charge is 0.342 e. The van der Waals surface area contributed by atoms with E-state index in [-0.39, 0.29) is 11.5 Å². The molecule has 1 aromatic carbocycles. The van der Waals surface area contributed by atoms with Crippen LogP contribution in [0.4, 0.5) is 0 Å². The number of nitrogens with zero attached hydrogens (tertiary/aromatic N) is 1. The number of nitrogens with two attached hydrogens (primary N) is 1. The topological polar surface area (TPSA) is 46.3 Å². The summed E-state index contributed by atoms with van der Waals surface area (Å²) >= 11 is 0. The molecular formula is C17H24N2O. The zero-order chi connectivity index (χ0) is 14.0. The summed E-state index contributed by atoms with van der Waals surface area (Å²) in [5, 5.41) is 0. The van der Waals surface area contributed by atoms with Gasteiger partial charge in [-0.1, -0.05) is 36.8 Å². The van der Waals surface area contributed by atoms with Crippen LogP contribution in [-0.2, 0) is 11.2 Å². The van der Waals surface area contributed by atoms with Crippen LogP contribution in [0.5, 0.6) is 0 Å². The molecule has 1 aromatic rings. The van der Waals surface area contributed by atoms with E-state index in [9.17, 15) is 4.79 Å². The Morgan fingerprint density at radius 1 is 1.20 bits per heavy atom. The molecule has 3 heteroatoms. The summed E-state index contributed by atoms with van der Waals surface area (Å²) in [4.78, 5) is 15.0. The smallest absolute Gasteiger partial charge is 0.229 e. The number of carbonyl (C=O) groups excluding carboxylic acids is 1. The van der Waals surface area contributed by atoms with E-state index in [4.69, 9.17) is 5.73 Å². The number of benzene rings is 1. The highest BCUT2D eigenvalue weighted by atomic mass is 16.2. The monoisotopic (exact) mass is 272 g/mol. The second-order valence-electron chi connectivity index (χ2n) is 6.43. The number of amides is 1. The molecule has 1 amide bonds. The molecule has 3 nitrogen and oxygen atoms in total. The van der Waals surface area contributed by atoms with E-state index in [0.717, 1.165) is 45.2 Å². The maximum absolute atomic E-state index is 12.9. The summed E-state index contributed by atoms with van der Waals surface area (Å²) in [5.41, 5.74) is 7.10. The first-order valence-electron chi connectivity index (χ1n) is 7.78. The Morgan fingerprint density at radius 3 is 2.40 bits per heavy atom. The van der Waals surface area contributed by atoms with Crippen LogP contribution in [0.25, 0.3) is 0 Å². The summed E-state index contributed by atoms with van der Waals surface area (Å²) in [5.74, 6) is 0.375. The maximum atomic E-state index is 12.9. The number of carbonyl (C=O) groups is 1. The third kappa shape index (κ3) is 2.59. The normalized spacial score (nSPS) is 22.4. The first kappa shape index (κ1) is 13.6. The summed E-state index contributed by atoms with van der Waals surface area (Å²) in [6, 6.07) is 10.7. The molecule has 108 valence electrons. The van der Waals surface area contributed by atoms with Crippen molar-refractivity contribution in [1.29, 1.82) is 0 Å². The standard InChI is InChI=1S/C17H24N2O/c18-15-7-11-19(12-8-15)16(20)17(9-4-10-17)13-14-5-2-1-3-6-14/h1-3,5-6,15H,4,7-13,18H2. The van der Waals surface area contributed by atoms with Crippen LogP contribution >= 0.6 is 0 Å². The molecule has 1 heterocycles. The number of hydrogen-bond acceptors (Lipinski definition) is 2. The maximum Gasteiger partial charge on any atom is 0.229 e. The summed E-state index contributed by atoms with van der Waals surface area (Å²) in [6.45, 7) is 1.69. The predicted octanol–water partition coefficient (Wildman–Crippen LogP) is 2.35. The Kier molecular flexibility index (Phi) is 3.79. The summed E-state index contributed by atoms with van der Waals surface area (Å²) < 4.78 is 0. The first-order valence-corrected chi connectivity index (χ1v) is 7.78. The second kappa shape index (κ2) is 5.57. The lowest BCUT2D eigenvalue weighted by Gasteiger charge is -2.45. The van der Waals surface area contributed by atoms with Crippen LogP contribution in [0.3, 0.4) is 0 Å². The number of likely N-dealkylation sites (tertiary alicyclic amines) is 1. The minimum atomic E-state index is -0.122. The fourth-order valence-electron chi connectivity index (χ4n) is 3.49. The molecule has 0 atom stereocenters. The molecule has 0 radical (unpaired) electrons. The minimum Gasteiger partial charge on any atom is -0.342 e. The molecule has 1 saturated carbocycles. The van der Waals surface area contributed by atoms with E-state index in [2.05, 4.69) is 29.2 Å². The van der Waals surface area contributed by atoms with Gasteiger partial charge >= 0.3 is 0 Å². The molecule has 2 N–H and O–H groups in total. The Labute approximate surface area is 121 Å². The predicted molar refractivity (Wildman–Crippen MR) is 80.2 cm³/mol. The SMILES string of the molecule is NC1CCN(C(=O)C2(Cc3ccccc3)CCC2)CC1. The van der Waals surface area contributed by atoms with Crippen molar-refractivity contribution in [3.63, 3.8) is 0 Å². The number of rotatable bonds is 3. The van der Waals surface area contributed by atoms with Gasteiger partial charge in [0.15, 0.2) is 0 Å². The van der Waals surface area contributed by atoms with Gasteiger partial charge in [-0.15, -0.1) is 0 Å². The Balaban J connectivity index is 1.70. The van der Waals surface area contributed by atoms with E-state index in [1.54, 1.807) is 0 Å². The molecule has 1 aliphatic heterocycles. The zero-order valence-electron chi connectivity index (χ0n) is 12.1. The molecule has 0 spiro atoms. The fraction of sp³-hybridized carbons (Fsp3) is 0.588. The van der Waals surface area contributed by atoms with Gasteiger partial charge in [0.1, 0.15) is 0 Å². The van der Waals surface area contributed by atoms with Crippen molar-refractivity contribution in [3.05, 3.63) is 35.9 Å². The van der Waals surface area contributed by atoms with Gasteiger partial charge in [0.05, 0.1) is 5.41 Å². The quantitative estimate of drug-likeness (QED) is 0.918. The zero-order valence-corrected chi connectivity index (χ0v) is 12.1. The van der Waals surface area contributed by atoms with Crippen molar-refractivity contribution in [1.82, 2.24) is 4.90 Å². The summed E-state index contributed by atoms with van der Waals surface area (Å²) in [7, 11) is 0. The Morgan fingerprint density at radius 2 is 1.85 bits per heavy atom. The minimum absolute atomic E-state index is 0.122. The van der Waals surface area contributed by atoms with Gasteiger partial charge in [0, 0.05) is 19.1 Å². The lowest BCUT2D eigenvalue weighted by molar-refractivity contribution is -0.148. The number of piperidine rings is 1. The molecule has 2 fully saturated rings. The molecule has 2 aliphatic rings. The molecule has 3 rings (SSSR count). The van der Waals surface area contributed by atoms with Crippen LogP contribution in [0.2, 0.25) is 0 Å². The van der Waals surface area contributed by atoms with Crippen molar-refractivity contribution in [2.75, 3.05) is 13.1 Å². The lowest BCUT2D eigenvalue weighted by atomic mass is 9.64. The van der Waals surface area contributed by atoms with Crippen LogP contribution in [0, 0.1) is 5.41 Å². The van der Waals surface area contributed by atoms with Gasteiger partial charge in [-0.2, -0.15) is 0 Å². The van der Waals surface area contributed by atoms with Crippen molar-refractivity contribution < 1.29 is 4.79 Å². The van der Waals surface area contributed by atoms with E-state index in [0.29, 0.717) is 5.91 Å². The van der Waals surface area contributed by atoms with E-state index in [1.807, 2.05) is 6.07 Å². The van der Waals surface area contributed by atoms with E-state index < -0.39 is 0 Å². The third-order valence-corrected chi connectivity index (χ3v) is 4.98. The molecule has 20 heavy (non-hydrogen) atoms. The van der Waals surface area contributed by atoms with Crippen molar-refractivity contribution >= 4 is 5.91 Å².